The van der Waals surface area contributed by atoms with E-state index in [-0.39, 0.29) is 18.1 Å². The molecule has 0 aromatic carbocycles. The number of hydrogen-bond donors (Lipinski definition) is 2. The van der Waals surface area contributed by atoms with Crippen molar-refractivity contribution in [3.63, 3.8) is 0 Å². The number of aryl methyl sites for hydroxylation is 1. The lowest BCUT2D eigenvalue weighted by Crippen LogP contribution is -2.33. The average Bonchev–Trinajstić information content (AvgIpc) is 2.64. The summed E-state index contributed by atoms with van der Waals surface area (Å²) in [6.45, 7) is 11.2. The maximum atomic E-state index is 12.3. The number of nitrogens with one attached hydrogen (secondary N) is 2. The molecule has 0 radical (unpaired) electrons. The quantitative estimate of drug-likeness (QED) is 0.792. The van der Waals surface area contributed by atoms with Gasteiger partial charge in [-0.1, -0.05) is 13.3 Å². The van der Waals surface area contributed by atoms with Gasteiger partial charge in [0, 0.05) is 11.7 Å². The summed E-state index contributed by atoms with van der Waals surface area (Å²) in [5.41, 5.74) is 2.19. The molecule has 0 bridgehead atoms. The van der Waals surface area contributed by atoms with E-state index in [0.717, 1.165) is 12.8 Å². The summed E-state index contributed by atoms with van der Waals surface area (Å²) in [5.74, 6) is -0.572. The molecule has 1 amide bonds. The van der Waals surface area contributed by atoms with Crippen LogP contribution in [0.15, 0.2) is 0 Å². The summed E-state index contributed by atoms with van der Waals surface area (Å²) >= 11 is 0. The predicted molar refractivity (Wildman–Crippen MR) is 82.7 cm³/mol. The normalized spacial score (nSPS) is 12.3. The van der Waals surface area contributed by atoms with Crippen LogP contribution in [0.5, 0.6) is 0 Å². The topological polar surface area (TPSA) is 71.2 Å². The van der Waals surface area contributed by atoms with Gasteiger partial charge in [-0.2, -0.15) is 0 Å². The van der Waals surface area contributed by atoms with Crippen molar-refractivity contribution in [3.8, 4) is 0 Å². The van der Waals surface area contributed by atoms with Crippen molar-refractivity contribution in [2.45, 2.75) is 66.5 Å². The maximum absolute atomic E-state index is 12.3. The fraction of sp³-hybridized carbons (Fsp3) is 0.625. The molecule has 0 saturated carbocycles. The van der Waals surface area contributed by atoms with Crippen LogP contribution in [0.25, 0.3) is 0 Å². The smallest absolute Gasteiger partial charge is 0.340 e. The lowest BCUT2D eigenvalue weighted by molar-refractivity contribution is 0.0376. The number of esters is 1. The van der Waals surface area contributed by atoms with Crippen molar-refractivity contribution in [1.29, 1.82) is 0 Å². The van der Waals surface area contributed by atoms with Crippen LogP contribution >= 0.6 is 0 Å². The Morgan fingerprint density at radius 1 is 1.24 bits per heavy atom. The minimum absolute atomic E-state index is 0.108. The van der Waals surface area contributed by atoms with Crippen molar-refractivity contribution >= 4 is 11.9 Å². The molecule has 1 atom stereocenters. The van der Waals surface area contributed by atoms with Crippen molar-refractivity contribution in [1.82, 2.24) is 10.3 Å². The lowest BCUT2D eigenvalue weighted by Gasteiger charge is -2.12. The molecule has 1 heterocycles. The maximum Gasteiger partial charge on any atom is 0.340 e. The highest BCUT2D eigenvalue weighted by atomic mass is 16.5. The predicted octanol–water partition coefficient (Wildman–Crippen LogP) is 3.12. The molecular formula is C16H26N2O3. The Hall–Kier alpha value is -1.78. The molecule has 1 rings (SSSR count). The monoisotopic (exact) mass is 294 g/mol. The molecule has 0 aliphatic heterocycles. The van der Waals surface area contributed by atoms with E-state index < -0.39 is 5.97 Å². The molecular weight excluding hydrogens is 268 g/mol. The van der Waals surface area contributed by atoms with Gasteiger partial charge in [0.1, 0.15) is 5.69 Å². The third-order valence-electron chi connectivity index (χ3n) is 3.31. The van der Waals surface area contributed by atoms with Gasteiger partial charge < -0.3 is 15.0 Å². The van der Waals surface area contributed by atoms with Gasteiger partial charge in [-0.15, -0.1) is 0 Å². The first-order chi connectivity index (χ1) is 9.77. The van der Waals surface area contributed by atoms with E-state index >= 15 is 0 Å². The molecule has 0 aliphatic rings. The van der Waals surface area contributed by atoms with Gasteiger partial charge in [0.2, 0.25) is 0 Å². The highest BCUT2D eigenvalue weighted by Crippen LogP contribution is 2.19. The zero-order chi connectivity index (χ0) is 16.2. The summed E-state index contributed by atoms with van der Waals surface area (Å²) < 4.78 is 5.22. The number of carbonyl (C=O) groups excluding carboxylic acids is 2. The van der Waals surface area contributed by atoms with Gasteiger partial charge >= 0.3 is 5.97 Å². The molecule has 1 unspecified atom stereocenters. The number of rotatable bonds is 6. The SMILES string of the molecule is CCCC(C)NC(=O)c1[nH]c(C)c(C(=O)OC(C)C)c1C. The van der Waals surface area contributed by atoms with Crippen LogP contribution in [-0.4, -0.2) is 29.0 Å². The van der Waals surface area contributed by atoms with Gasteiger partial charge in [0.05, 0.1) is 11.7 Å². The van der Waals surface area contributed by atoms with E-state index in [1.54, 1.807) is 27.7 Å². The van der Waals surface area contributed by atoms with Crippen molar-refractivity contribution in [3.05, 3.63) is 22.5 Å². The Kier molecular flexibility index (Phi) is 6.00. The van der Waals surface area contributed by atoms with E-state index in [2.05, 4.69) is 17.2 Å². The molecule has 1 aromatic rings. The minimum Gasteiger partial charge on any atom is -0.459 e. The second kappa shape index (κ2) is 7.29. The van der Waals surface area contributed by atoms with Gasteiger partial charge in [-0.05, 0) is 46.6 Å². The Bertz CT molecular complexity index is 518. The van der Waals surface area contributed by atoms with Gasteiger partial charge in [-0.3, -0.25) is 4.79 Å². The first kappa shape index (κ1) is 17.3. The Morgan fingerprint density at radius 3 is 2.38 bits per heavy atom. The van der Waals surface area contributed by atoms with Crippen LogP contribution in [0.4, 0.5) is 0 Å². The second-order valence-corrected chi connectivity index (χ2v) is 5.74. The van der Waals surface area contributed by atoms with Gasteiger partial charge in [0.25, 0.3) is 5.91 Å². The van der Waals surface area contributed by atoms with Crippen molar-refractivity contribution in [2.24, 2.45) is 0 Å². The van der Waals surface area contributed by atoms with Crippen LogP contribution < -0.4 is 5.32 Å². The van der Waals surface area contributed by atoms with E-state index in [0.29, 0.717) is 22.5 Å². The standard InChI is InChI=1S/C16H26N2O3/c1-7-8-10(4)17-15(19)14-11(5)13(12(6)18-14)16(20)21-9(2)3/h9-10,18H,7-8H2,1-6H3,(H,17,19). The van der Waals surface area contributed by atoms with Gasteiger partial charge in [0.15, 0.2) is 0 Å². The fourth-order valence-corrected chi connectivity index (χ4v) is 2.36. The summed E-state index contributed by atoms with van der Waals surface area (Å²) in [5, 5.41) is 2.94. The van der Waals surface area contributed by atoms with Gasteiger partial charge in [-0.25, -0.2) is 4.79 Å². The highest BCUT2D eigenvalue weighted by molar-refractivity contribution is 6.00. The molecule has 0 spiro atoms. The largest absolute Gasteiger partial charge is 0.459 e. The summed E-state index contributed by atoms with van der Waals surface area (Å²) in [6.07, 6.45) is 1.75. The van der Waals surface area contributed by atoms with Crippen LogP contribution in [0.2, 0.25) is 0 Å². The second-order valence-electron chi connectivity index (χ2n) is 5.74. The Balaban J connectivity index is 2.96. The van der Waals surface area contributed by atoms with Crippen LogP contribution in [0.1, 0.15) is 72.6 Å². The zero-order valence-corrected chi connectivity index (χ0v) is 13.8. The molecule has 118 valence electrons. The van der Waals surface area contributed by atoms with E-state index in [4.69, 9.17) is 4.74 Å². The van der Waals surface area contributed by atoms with Crippen LogP contribution in [0, 0.1) is 13.8 Å². The summed E-state index contributed by atoms with van der Waals surface area (Å²) in [7, 11) is 0. The molecule has 0 saturated heterocycles. The third kappa shape index (κ3) is 4.34. The molecule has 2 N–H and O–H groups in total. The molecule has 0 aliphatic carbocycles. The molecule has 5 heteroatoms. The highest BCUT2D eigenvalue weighted by Gasteiger charge is 2.24. The number of ether oxygens (including phenoxy) is 1. The van der Waals surface area contributed by atoms with Crippen molar-refractivity contribution < 1.29 is 14.3 Å². The number of H-pyrrole nitrogens is 1. The van der Waals surface area contributed by atoms with Crippen molar-refractivity contribution in [2.75, 3.05) is 0 Å². The van der Waals surface area contributed by atoms with Crippen LogP contribution in [-0.2, 0) is 4.74 Å². The zero-order valence-electron chi connectivity index (χ0n) is 13.8. The van der Waals surface area contributed by atoms with Crippen LogP contribution in [0.3, 0.4) is 0 Å². The summed E-state index contributed by atoms with van der Waals surface area (Å²) in [4.78, 5) is 27.4. The fourth-order valence-electron chi connectivity index (χ4n) is 2.36. The molecule has 0 fully saturated rings. The number of aromatic nitrogens is 1. The molecule has 1 aromatic heterocycles. The number of amides is 1. The van der Waals surface area contributed by atoms with E-state index in [1.807, 2.05) is 6.92 Å². The first-order valence-corrected chi connectivity index (χ1v) is 7.48. The number of hydrogen-bond acceptors (Lipinski definition) is 3. The molecule has 5 nitrogen and oxygen atoms in total. The minimum atomic E-state index is -0.392. The Morgan fingerprint density at radius 2 is 1.86 bits per heavy atom. The summed E-state index contributed by atoms with van der Waals surface area (Å²) in [6, 6.07) is 0.108. The molecule has 21 heavy (non-hydrogen) atoms. The first-order valence-electron chi connectivity index (χ1n) is 7.48. The van der Waals surface area contributed by atoms with E-state index in [9.17, 15) is 9.59 Å². The number of aromatic amines is 1. The third-order valence-corrected chi connectivity index (χ3v) is 3.31. The average molecular weight is 294 g/mol. The number of carbonyl (C=O) groups is 2. The lowest BCUT2D eigenvalue weighted by atomic mass is 10.1. The van der Waals surface area contributed by atoms with E-state index in [1.165, 1.54) is 0 Å². The Labute approximate surface area is 126 Å².